The Hall–Kier alpha value is -2.22. The Labute approximate surface area is 141 Å². The Bertz CT molecular complexity index is 897. The molecular weight excluding hydrogens is 362 g/mol. The standard InChI is InChI=1S/C15H16BrN5O2/c1-9(2)20-10(3)7-11(17-20)8-19-12-5-4-6-13(21(22)23)14(12)15(16)18-19/h4-7,9H,8H2,1-3H3. The maximum Gasteiger partial charge on any atom is 0.281 e. The molecule has 3 aromatic rings. The second-order valence-corrected chi connectivity index (χ2v) is 6.44. The number of hydrogen-bond donors (Lipinski definition) is 0. The van der Waals surface area contributed by atoms with E-state index in [2.05, 4.69) is 40.0 Å². The van der Waals surface area contributed by atoms with Gasteiger partial charge >= 0.3 is 0 Å². The van der Waals surface area contributed by atoms with Gasteiger partial charge in [0.2, 0.25) is 0 Å². The topological polar surface area (TPSA) is 78.8 Å². The van der Waals surface area contributed by atoms with Gasteiger partial charge in [0.15, 0.2) is 0 Å². The molecule has 0 radical (unpaired) electrons. The normalized spacial score (nSPS) is 11.5. The van der Waals surface area contributed by atoms with Crippen molar-refractivity contribution in [3.63, 3.8) is 0 Å². The molecule has 23 heavy (non-hydrogen) atoms. The number of aromatic nitrogens is 4. The number of nitro benzene ring substituents is 1. The summed E-state index contributed by atoms with van der Waals surface area (Å²) in [6, 6.07) is 7.27. The molecule has 0 saturated heterocycles. The van der Waals surface area contributed by atoms with Gasteiger partial charge in [-0.2, -0.15) is 10.2 Å². The molecule has 0 bridgehead atoms. The summed E-state index contributed by atoms with van der Waals surface area (Å²) in [6.07, 6.45) is 0. The number of non-ortho nitro benzene ring substituents is 1. The zero-order valence-corrected chi connectivity index (χ0v) is 14.6. The minimum Gasteiger partial charge on any atom is -0.267 e. The highest BCUT2D eigenvalue weighted by Crippen LogP contribution is 2.32. The lowest BCUT2D eigenvalue weighted by atomic mass is 10.2. The number of halogens is 1. The van der Waals surface area contributed by atoms with Crippen molar-refractivity contribution in [1.29, 1.82) is 0 Å². The highest BCUT2D eigenvalue weighted by molar-refractivity contribution is 9.10. The van der Waals surface area contributed by atoms with Gasteiger partial charge in [-0.25, -0.2) is 0 Å². The molecule has 8 heteroatoms. The lowest BCUT2D eigenvalue weighted by molar-refractivity contribution is -0.383. The Balaban J connectivity index is 2.06. The largest absolute Gasteiger partial charge is 0.281 e. The first kappa shape index (κ1) is 15.7. The van der Waals surface area contributed by atoms with E-state index in [1.54, 1.807) is 10.7 Å². The molecule has 0 unspecified atom stereocenters. The van der Waals surface area contributed by atoms with Gasteiger partial charge in [0.25, 0.3) is 5.69 Å². The summed E-state index contributed by atoms with van der Waals surface area (Å²) >= 11 is 3.33. The average Bonchev–Trinajstić information content (AvgIpc) is 3.00. The van der Waals surface area contributed by atoms with Gasteiger partial charge in [-0.3, -0.25) is 19.5 Å². The van der Waals surface area contributed by atoms with E-state index in [0.717, 1.165) is 11.4 Å². The van der Waals surface area contributed by atoms with Crippen LogP contribution >= 0.6 is 15.9 Å². The zero-order chi connectivity index (χ0) is 16.7. The van der Waals surface area contributed by atoms with Crippen LogP contribution in [0.5, 0.6) is 0 Å². The second kappa shape index (κ2) is 5.77. The molecule has 0 aliphatic heterocycles. The fourth-order valence-corrected chi connectivity index (χ4v) is 3.34. The van der Waals surface area contributed by atoms with Gasteiger partial charge in [0, 0.05) is 17.8 Å². The molecule has 2 heterocycles. The smallest absolute Gasteiger partial charge is 0.267 e. The van der Waals surface area contributed by atoms with Crippen LogP contribution in [0.3, 0.4) is 0 Å². The molecule has 0 aliphatic carbocycles. The number of aryl methyl sites for hydroxylation is 1. The van der Waals surface area contributed by atoms with Gasteiger partial charge in [0.1, 0.15) is 9.99 Å². The first-order chi connectivity index (χ1) is 10.9. The molecular formula is C15H16BrN5O2. The highest BCUT2D eigenvalue weighted by Gasteiger charge is 2.20. The van der Waals surface area contributed by atoms with Crippen LogP contribution in [0.25, 0.3) is 10.9 Å². The van der Waals surface area contributed by atoms with Gasteiger partial charge in [-0.15, -0.1) is 0 Å². The Morgan fingerprint density at radius 2 is 2.09 bits per heavy atom. The maximum atomic E-state index is 11.2. The van der Waals surface area contributed by atoms with Crippen LogP contribution < -0.4 is 0 Å². The quantitative estimate of drug-likeness (QED) is 0.510. The summed E-state index contributed by atoms with van der Waals surface area (Å²) in [7, 11) is 0. The Morgan fingerprint density at radius 1 is 1.35 bits per heavy atom. The van der Waals surface area contributed by atoms with E-state index in [9.17, 15) is 10.1 Å². The third-order valence-electron chi connectivity index (χ3n) is 3.68. The molecule has 0 atom stereocenters. The van der Waals surface area contributed by atoms with Crippen LogP contribution in [-0.4, -0.2) is 24.5 Å². The molecule has 0 N–H and O–H groups in total. The fourth-order valence-electron chi connectivity index (χ4n) is 2.74. The van der Waals surface area contributed by atoms with Crippen molar-refractivity contribution < 1.29 is 4.92 Å². The average molecular weight is 378 g/mol. The molecule has 1 aromatic carbocycles. The number of nitro groups is 1. The van der Waals surface area contributed by atoms with Crippen molar-refractivity contribution in [1.82, 2.24) is 19.6 Å². The lowest BCUT2D eigenvalue weighted by Gasteiger charge is -2.07. The summed E-state index contributed by atoms with van der Waals surface area (Å²) in [5.41, 5.74) is 2.71. The van der Waals surface area contributed by atoms with Crippen LogP contribution in [0.1, 0.15) is 31.3 Å². The zero-order valence-electron chi connectivity index (χ0n) is 13.0. The van der Waals surface area contributed by atoms with Gasteiger partial charge in [-0.05, 0) is 48.8 Å². The van der Waals surface area contributed by atoms with Crippen LogP contribution in [0.4, 0.5) is 5.69 Å². The monoisotopic (exact) mass is 377 g/mol. The second-order valence-electron chi connectivity index (χ2n) is 5.69. The van der Waals surface area contributed by atoms with Crippen molar-refractivity contribution in [3.8, 4) is 0 Å². The van der Waals surface area contributed by atoms with E-state index in [1.165, 1.54) is 6.07 Å². The minimum atomic E-state index is -0.392. The molecule has 3 rings (SSSR count). The first-order valence-corrected chi connectivity index (χ1v) is 8.02. The summed E-state index contributed by atoms with van der Waals surface area (Å²) in [5, 5.41) is 20.7. The molecule has 0 fully saturated rings. The summed E-state index contributed by atoms with van der Waals surface area (Å²) < 4.78 is 4.16. The summed E-state index contributed by atoms with van der Waals surface area (Å²) in [5.74, 6) is 0. The first-order valence-electron chi connectivity index (χ1n) is 7.23. The molecule has 7 nitrogen and oxygen atoms in total. The third kappa shape index (κ3) is 2.74. The molecule has 0 saturated carbocycles. The number of rotatable bonds is 4. The molecule has 2 aromatic heterocycles. The van der Waals surface area contributed by atoms with Crippen molar-refractivity contribution in [2.45, 2.75) is 33.4 Å². The highest BCUT2D eigenvalue weighted by atomic mass is 79.9. The predicted octanol–water partition coefficient (Wildman–Crippen LogP) is 3.84. The summed E-state index contributed by atoms with van der Waals surface area (Å²) in [6.45, 7) is 6.63. The minimum absolute atomic E-state index is 0.0458. The molecule has 0 spiro atoms. The molecule has 0 amide bonds. The number of fused-ring (bicyclic) bond motifs is 1. The van der Waals surface area contributed by atoms with E-state index in [4.69, 9.17) is 0 Å². The van der Waals surface area contributed by atoms with Gasteiger partial charge in [0.05, 0.1) is 22.7 Å². The van der Waals surface area contributed by atoms with E-state index in [-0.39, 0.29) is 11.7 Å². The van der Waals surface area contributed by atoms with Crippen molar-refractivity contribution in [2.24, 2.45) is 0 Å². The van der Waals surface area contributed by atoms with Crippen molar-refractivity contribution in [3.05, 3.63) is 50.4 Å². The van der Waals surface area contributed by atoms with Gasteiger partial charge in [-0.1, -0.05) is 6.07 Å². The van der Waals surface area contributed by atoms with E-state index in [1.807, 2.05) is 23.7 Å². The SMILES string of the molecule is Cc1cc(Cn2nc(Br)c3c([N+](=O)[O-])cccc32)nn1C(C)C. The van der Waals surface area contributed by atoms with E-state index >= 15 is 0 Å². The summed E-state index contributed by atoms with van der Waals surface area (Å²) in [4.78, 5) is 10.8. The third-order valence-corrected chi connectivity index (χ3v) is 4.24. The van der Waals surface area contributed by atoms with Crippen LogP contribution in [0.15, 0.2) is 28.9 Å². The van der Waals surface area contributed by atoms with Crippen molar-refractivity contribution >= 4 is 32.5 Å². The predicted molar refractivity (Wildman–Crippen MR) is 90.5 cm³/mol. The van der Waals surface area contributed by atoms with Crippen molar-refractivity contribution in [2.75, 3.05) is 0 Å². The Morgan fingerprint density at radius 3 is 2.70 bits per heavy atom. The van der Waals surface area contributed by atoms with E-state index < -0.39 is 4.92 Å². The number of nitrogens with zero attached hydrogens (tertiary/aromatic N) is 5. The maximum absolute atomic E-state index is 11.2. The molecule has 120 valence electrons. The fraction of sp³-hybridized carbons (Fsp3) is 0.333. The van der Waals surface area contributed by atoms with Crippen LogP contribution in [0, 0.1) is 17.0 Å². The number of benzene rings is 1. The Kier molecular flexibility index (Phi) is 3.93. The van der Waals surface area contributed by atoms with Gasteiger partial charge < -0.3 is 0 Å². The number of hydrogen-bond acceptors (Lipinski definition) is 4. The lowest BCUT2D eigenvalue weighted by Crippen LogP contribution is -2.07. The molecule has 0 aliphatic rings. The van der Waals surface area contributed by atoms with Crippen LogP contribution in [0.2, 0.25) is 0 Å². The van der Waals surface area contributed by atoms with E-state index in [0.29, 0.717) is 22.1 Å². The van der Waals surface area contributed by atoms with Crippen LogP contribution in [-0.2, 0) is 6.54 Å².